The second-order valence-electron chi connectivity index (χ2n) is 4.56. The summed E-state index contributed by atoms with van der Waals surface area (Å²) in [4.78, 5) is 4.61. The first-order valence-electron chi connectivity index (χ1n) is 7.82. The largest absolute Gasteiger partial charge is 0.380 e. The van der Waals surface area contributed by atoms with Gasteiger partial charge in [0.2, 0.25) is 0 Å². The van der Waals surface area contributed by atoms with Crippen LogP contribution < -0.4 is 10.6 Å². The lowest BCUT2D eigenvalue weighted by molar-refractivity contribution is 0.152. The van der Waals surface area contributed by atoms with Crippen LogP contribution in [0.2, 0.25) is 0 Å². The average Bonchev–Trinajstić information content (AvgIpc) is 2.91. The fourth-order valence-corrected chi connectivity index (χ4v) is 2.00. The summed E-state index contributed by atoms with van der Waals surface area (Å²) in [7, 11) is 0. The van der Waals surface area contributed by atoms with E-state index < -0.39 is 0 Å². The van der Waals surface area contributed by atoms with Crippen molar-refractivity contribution in [2.24, 2.45) is 4.99 Å². The number of rotatable bonds is 9. The summed E-state index contributed by atoms with van der Waals surface area (Å²) in [5.41, 5.74) is 2.11. The van der Waals surface area contributed by atoms with Gasteiger partial charge in [-0.05, 0) is 20.3 Å². The van der Waals surface area contributed by atoms with Gasteiger partial charge in [-0.15, -0.1) is 24.0 Å². The van der Waals surface area contributed by atoms with Gasteiger partial charge >= 0.3 is 0 Å². The highest BCUT2D eigenvalue weighted by Crippen LogP contribution is 2.16. The maximum Gasteiger partial charge on any atom is 0.191 e. The maximum atomic E-state index is 5.36. The summed E-state index contributed by atoms with van der Waals surface area (Å²) in [6.45, 7) is 11.7. The van der Waals surface area contributed by atoms with Gasteiger partial charge in [0.05, 0.1) is 18.8 Å². The van der Waals surface area contributed by atoms with Gasteiger partial charge in [0.25, 0.3) is 0 Å². The molecule has 1 rings (SSSR count). The Bertz CT molecular complexity index is 414. The van der Waals surface area contributed by atoms with Gasteiger partial charge in [-0.25, -0.2) is 4.99 Å². The molecule has 1 aromatic rings. The highest BCUT2D eigenvalue weighted by atomic mass is 127. The van der Waals surface area contributed by atoms with E-state index in [-0.39, 0.29) is 24.0 Å². The van der Waals surface area contributed by atoms with Crippen LogP contribution >= 0.6 is 24.0 Å². The monoisotopic (exact) mass is 424 g/mol. The van der Waals surface area contributed by atoms with Crippen LogP contribution in [0.1, 0.15) is 44.7 Å². The van der Waals surface area contributed by atoms with Crippen molar-refractivity contribution in [1.82, 2.24) is 15.8 Å². The second-order valence-corrected chi connectivity index (χ2v) is 4.56. The lowest BCUT2D eigenvalue weighted by Crippen LogP contribution is -2.39. The molecule has 0 saturated carbocycles. The molecule has 0 atom stereocenters. The van der Waals surface area contributed by atoms with Crippen LogP contribution in [-0.4, -0.2) is 37.4 Å². The van der Waals surface area contributed by atoms with Gasteiger partial charge in [0.15, 0.2) is 5.96 Å². The fourth-order valence-electron chi connectivity index (χ4n) is 2.00. The second kappa shape index (κ2) is 12.7. The van der Waals surface area contributed by atoms with E-state index in [4.69, 9.17) is 9.26 Å². The third kappa shape index (κ3) is 6.95. The van der Waals surface area contributed by atoms with E-state index >= 15 is 0 Å². The number of hydrogen-bond donors (Lipinski definition) is 2. The van der Waals surface area contributed by atoms with Crippen molar-refractivity contribution in [1.29, 1.82) is 0 Å². The number of aromatic nitrogens is 1. The van der Waals surface area contributed by atoms with Gasteiger partial charge in [-0.3, -0.25) is 0 Å². The number of guanidine groups is 1. The van der Waals surface area contributed by atoms with Crippen molar-refractivity contribution in [2.45, 2.75) is 47.1 Å². The van der Waals surface area contributed by atoms with Gasteiger partial charge in [-0.2, -0.15) is 0 Å². The summed E-state index contributed by atoms with van der Waals surface area (Å²) < 4.78 is 10.7. The molecular weight excluding hydrogens is 395 g/mol. The molecule has 1 aromatic heterocycles. The Balaban J connectivity index is 0.00000441. The molecule has 0 unspecified atom stereocenters. The van der Waals surface area contributed by atoms with E-state index in [2.05, 4.69) is 34.6 Å². The van der Waals surface area contributed by atoms with E-state index in [0.29, 0.717) is 13.2 Å². The number of hydrogen-bond acceptors (Lipinski definition) is 4. The average molecular weight is 424 g/mol. The molecule has 0 spiro atoms. The quantitative estimate of drug-likeness (QED) is 0.276. The summed E-state index contributed by atoms with van der Waals surface area (Å²) in [6.07, 6.45) is 1.70. The third-order valence-corrected chi connectivity index (χ3v) is 3.09. The zero-order valence-electron chi connectivity index (χ0n) is 14.1. The molecule has 128 valence electrons. The minimum Gasteiger partial charge on any atom is -0.380 e. The third-order valence-electron chi connectivity index (χ3n) is 3.09. The van der Waals surface area contributed by atoms with Crippen LogP contribution in [0, 0.1) is 0 Å². The molecule has 7 heteroatoms. The summed E-state index contributed by atoms with van der Waals surface area (Å²) in [5.74, 6) is 1.73. The molecule has 6 nitrogen and oxygen atoms in total. The van der Waals surface area contributed by atoms with Gasteiger partial charge in [0.1, 0.15) is 5.76 Å². The number of nitrogens with zero attached hydrogens (tertiary/aromatic N) is 2. The van der Waals surface area contributed by atoms with Crippen molar-refractivity contribution in [3.63, 3.8) is 0 Å². The van der Waals surface area contributed by atoms with Crippen LogP contribution in [0.5, 0.6) is 0 Å². The molecule has 0 aliphatic carbocycles. The number of aliphatic imine (C=N–C) groups is 1. The Hall–Kier alpha value is -0.830. The molecule has 0 amide bonds. The van der Waals surface area contributed by atoms with E-state index in [9.17, 15) is 0 Å². The van der Waals surface area contributed by atoms with Crippen molar-refractivity contribution in [3.05, 3.63) is 17.0 Å². The molecule has 0 aromatic carbocycles. The Labute approximate surface area is 150 Å². The molecule has 0 aliphatic heterocycles. The minimum absolute atomic E-state index is 0. The zero-order valence-corrected chi connectivity index (χ0v) is 16.4. The smallest absolute Gasteiger partial charge is 0.191 e. The van der Waals surface area contributed by atoms with Crippen molar-refractivity contribution >= 4 is 29.9 Å². The zero-order chi connectivity index (χ0) is 15.5. The number of nitrogens with one attached hydrogen (secondary N) is 2. The van der Waals surface area contributed by atoms with Gasteiger partial charge < -0.3 is 19.9 Å². The van der Waals surface area contributed by atoms with Crippen molar-refractivity contribution < 1.29 is 9.26 Å². The number of aryl methyl sites for hydroxylation is 2. The first kappa shape index (κ1) is 21.2. The molecule has 2 N–H and O–H groups in total. The van der Waals surface area contributed by atoms with Gasteiger partial charge in [0, 0.05) is 31.7 Å². The van der Waals surface area contributed by atoms with Crippen molar-refractivity contribution in [2.75, 3.05) is 26.3 Å². The topological polar surface area (TPSA) is 71.7 Å². The van der Waals surface area contributed by atoms with E-state index in [1.54, 1.807) is 0 Å². The van der Waals surface area contributed by atoms with E-state index in [1.807, 2.05) is 13.8 Å². The van der Waals surface area contributed by atoms with Crippen molar-refractivity contribution in [3.8, 4) is 0 Å². The van der Waals surface area contributed by atoms with Crippen LogP contribution in [-0.2, 0) is 24.1 Å². The highest BCUT2D eigenvalue weighted by Gasteiger charge is 2.12. The predicted molar refractivity (Wildman–Crippen MR) is 100.0 cm³/mol. The van der Waals surface area contributed by atoms with Crippen LogP contribution in [0.25, 0.3) is 0 Å². The Kier molecular flexibility index (Phi) is 12.2. The minimum atomic E-state index is 0. The fraction of sp³-hybridized carbons (Fsp3) is 0.733. The molecule has 0 fully saturated rings. The van der Waals surface area contributed by atoms with Gasteiger partial charge in [-0.1, -0.05) is 19.0 Å². The summed E-state index contributed by atoms with van der Waals surface area (Å²) in [5, 5.41) is 10.6. The first-order chi connectivity index (χ1) is 10.3. The highest BCUT2D eigenvalue weighted by molar-refractivity contribution is 14.0. The molecule has 0 bridgehead atoms. The molecule has 0 aliphatic rings. The SMILES string of the molecule is CCNC(=NCc1c(CC)noc1CC)NCCOCC.I. The standard InChI is InChI=1S/C15H28N4O2.HI/c1-5-13-12(14(6-2)21-19-13)11-18-15(16-7-3)17-9-10-20-8-4;/h5-11H2,1-4H3,(H2,16,17,18);1H. The molecular formula is C15H29IN4O2. The lowest BCUT2D eigenvalue weighted by Gasteiger charge is -2.11. The first-order valence-corrected chi connectivity index (χ1v) is 7.82. The number of ether oxygens (including phenoxy) is 1. The Morgan fingerprint density at radius 1 is 1.18 bits per heavy atom. The summed E-state index contributed by atoms with van der Waals surface area (Å²) in [6, 6.07) is 0. The van der Waals surface area contributed by atoms with Crippen LogP contribution in [0.4, 0.5) is 0 Å². The molecule has 1 heterocycles. The van der Waals surface area contributed by atoms with E-state index in [0.717, 1.165) is 55.5 Å². The number of halogens is 1. The Morgan fingerprint density at radius 2 is 1.95 bits per heavy atom. The van der Waals surface area contributed by atoms with E-state index in [1.165, 1.54) is 0 Å². The Morgan fingerprint density at radius 3 is 2.55 bits per heavy atom. The molecule has 22 heavy (non-hydrogen) atoms. The molecule has 0 saturated heterocycles. The van der Waals surface area contributed by atoms with Crippen LogP contribution in [0.3, 0.4) is 0 Å². The normalized spacial score (nSPS) is 11.2. The lowest BCUT2D eigenvalue weighted by atomic mass is 10.1. The molecule has 0 radical (unpaired) electrons. The van der Waals surface area contributed by atoms with Crippen LogP contribution in [0.15, 0.2) is 9.52 Å². The summed E-state index contributed by atoms with van der Waals surface area (Å²) >= 11 is 0. The maximum absolute atomic E-state index is 5.36. The predicted octanol–water partition coefficient (Wildman–Crippen LogP) is 2.51.